The lowest BCUT2D eigenvalue weighted by atomic mass is 10.2. The maximum Gasteiger partial charge on any atom is 0.471 e. The fraction of sp³-hybridized carbons (Fsp3) is 0.471. The Kier molecular flexibility index (Phi) is 7.38. The van der Waals surface area contributed by atoms with E-state index in [9.17, 15) is 27.9 Å². The molecule has 12 heteroatoms. The quantitative estimate of drug-likeness (QED) is 0.429. The van der Waals surface area contributed by atoms with Crippen molar-refractivity contribution >= 4 is 11.7 Å². The molecule has 9 nitrogen and oxygen atoms in total. The number of anilines is 1. The average molecular weight is 416 g/mol. The number of nitrogens with one attached hydrogen (secondary N) is 1. The van der Waals surface area contributed by atoms with Crippen molar-refractivity contribution in [2.75, 3.05) is 25.5 Å². The van der Waals surface area contributed by atoms with Gasteiger partial charge in [-0.3, -0.25) is 9.36 Å². The van der Waals surface area contributed by atoms with Gasteiger partial charge >= 0.3 is 17.8 Å². The van der Waals surface area contributed by atoms with Gasteiger partial charge in [-0.15, -0.1) is 6.58 Å². The standard InChI is InChI=1S/C17H19F3N4O5/c1-2-6-28-11-7-13(29-12(11)9-25)24-8-10(14(21)23-16(24)27)4-3-5-22-15(26)17(18,19)20/h2,8,11-13,25H,1,5-7,9H2,(H,22,26)(H2,21,23,27). The van der Waals surface area contributed by atoms with E-state index in [2.05, 4.69) is 23.4 Å². The first kappa shape index (κ1) is 22.4. The zero-order valence-corrected chi connectivity index (χ0v) is 15.1. The number of nitrogens with two attached hydrogens (primary N) is 1. The number of hydrogen-bond acceptors (Lipinski definition) is 7. The minimum atomic E-state index is -5.01. The Hall–Kier alpha value is -2.88. The number of amides is 1. The summed E-state index contributed by atoms with van der Waals surface area (Å²) in [6.07, 6.45) is -3.96. The van der Waals surface area contributed by atoms with Crippen molar-refractivity contribution in [1.29, 1.82) is 0 Å². The number of halogens is 3. The van der Waals surface area contributed by atoms with Gasteiger partial charge in [0.1, 0.15) is 18.1 Å². The first-order chi connectivity index (χ1) is 13.7. The SMILES string of the molecule is C=CCOC1CC(n2cc(C#CCNC(=O)C(F)(F)F)c(N)nc2=O)OC1CO. The zero-order valence-electron chi connectivity index (χ0n) is 15.1. The molecule has 1 fully saturated rings. The number of nitrogen functional groups attached to an aromatic ring is 1. The number of aliphatic hydroxyl groups is 1. The molecular weight excluding hydrogens is 397 g/mol. The number of rotatable bonds is 6. The third-order valence-electron chi connectivity index (χ3n) is 3.90. The van der Waals surface area contributed by atoms with Crippen LogP contribution in [-0.4, -0.2) is 58.7 Å². The van der Waals surface area contributed by atoms with Crippen LogP contribution in [0.4, 0.5) is 19.0 Å². The Morgan fingerprint density at radius 3 is 2.93 bits per heavy atom. The predicted octanol–water partition coefficient (Wildman–Crippen LogP) is -0.293. The molecule has 2 heterocycles. The van der Waals surface area contributed by atoms with E-state index >= 15 is 0 Å². The summed E-state index contributed by atoms with van der Waals surface area (Å²) in [5, 5.41) is 11.0. The number of hydrogen-bond donors (Lipinski definition) is 3. The van der Waals surface area contributed by atoms with E-state index < -0.39 is 42.8 Å². The van der Waals surface area contributed by atoms with Crippen LogP contribution in [0.5, 0.6) is 0 Å². The highest BCUT2D eigenvalue weighted by Crippen LogP contribution is 2.30. The molecule has 0 bridgehead atoms. The molecule has 1 saturated heterocycles. The van der Waals surface area contributed by atoms with Gasteiger partial charge in [0.05, 0.1) is 31.4 Å². The fourth-order valence-electron chi connectivity index (χ4n) is 2.55. The number of alkyl halides is 3. The molecule has 1 aromatic rings. The Morgan fingerprint density at radius 2 is 2.31 bits per heavy atom. The smallest absolute Gasteiger partial charge is 0.394 e. The molecule has 1 amide bonds. The Labute approximate surface area is 163 Å². The van der Waals surface area contributed by atoms with Gasteiger partial charge in [-0.2, -0.15) is 18.2 Å². The molecule has 0 aromatic carbocycles. The van der Waals surface area contributed by atoms with Gasteiger partial charge in [0, 0.05) is 12.6 Å². The van der Waals surface area contributed by atoms with Gasteiger partial charge in [-0.25, -0.2) is 4.79 Å². The lowest BCUT2D eigenvalue weighted by Crippen LogP contribution is -2.36. The summed E-state index contributed by atoms with van der Waals surface area (Å²) in [5.41, 5.74) is 4.96. The molecule has 0 spiro atoms. The summed E-state index contributed by atoms with van der Waals surface area (Å²) in [5.74, 6) is 2.41. The number of aliphatic hydroxyl groups excluding tert-OH is 1. The Balaban J connectivity index is 2.16. The van der Waals surface area contributed by atoms with Crippen molar-refractivity contribution in [1.82, 2.24) is 14.9 Å². The van der Waals surface area contributed by atoms with Crippen LogP contribution in [0, 0.1) is 11.8 Å². The highest BCUT2D eigenvalue weighted by molar-refractivity contribution is 5.81. The molecule has 4 N–H and O–H groups in total. The number of carbonyl (C=O) groups is 1. The first-order valence-electron chi connectivity index (χ1n) is 8.38. The summed E-state index contributed by atoms with van der Waals surface area (Å²) in [4.78, 5) is 26.5. The zero-order chi connectivity index (χ0) is 21.6. The molecule has 0 aliphatic carbocycles. The van der Waals surface area contributed by atoms with Gasteiger partial charge < -0.3 is 25.6 Å². The van der Waals surface area contributed by atoms with E-state index in [0.717, 1.165) is 4.57 Å². The molecule has 29 heavy (non-hydrogen) atoms. The van der Waals surface area contributed by atoms with Crippen molar-refractivity contribution in [2.24, 2.45) is 0 Å². The van der Waals surface area contributed by atoms with Crippen LogP contribution in [-0.2, 0) is 14.3 Å². The van der Waals surface area contributed by atoms with E-state index in [1.165, 1.54) is 12.3 Å². The fourth-order valence-corrected chi connectivity index (χ4v) is 2.55. The van der Waals surface area contributed by atoms with Gasteiger partial charge in [-0.05, 0) is 0 Å². The average Bonchev–Trinajstić information content (AvgIpc) is 3.06. The lowest BCUT2D eigenvalue weighted by molar-refractivity contribution is -0.173. The highest BCUT2D eigenvalue weighted by atomic mass is 19.4. The molecule has 3 atom stereocenters. The largest absolute Gasteiger partial charge is 0.471 e. The second kappa shape index (κ2) is 9.55. The minimum absolute atomic E-state index is 0.0606. The molecule has 0 saturated carbocycles. The van der Waals surface area contributed by atoms with Crippen molar-refractivity contribution in [3.8, 4) is 11.8 Å². The topological polar surface area (TPSA) is 129 Å². The third-order valence-corrected chi connectivity index (χ3v) is 3.90. The second-order valence-electron chi connectivity index (χ2n) is 5.92. The maximum atomic E-state index is 12.2. The van der Waals surface area contributed by atoms with Crippen molar-refractivity contribution in [2.45, 2.75) is 31.0 Å². The van der Waals surface area contributed by atoms with Gasteiger partial charge in [-0.1, -0.05) is 17.9 Å². The predicted molar refractivity (Wildman–Crippen MR) is 94.4 cm³/mol. The molecule has 158 valence electrons. The van der Waals surface area contributed by atoms with Gasteiger partial charge in [0.25, 0.3) is 0 Å². The number of ether oxygens (including phenoxy) is 2. The van der Waals surface area contributed by atoms with E-state index in [0.29, 0.717) is 0 Å². The number of nitrogens with zero attached hydrogens (tertiary/aromatic N) is 2. The Bertz CT molecular complexity index is 875. The third kappa shape index (κ3) is 5.80. The molecule has 1 aromatic heterocycles. The van der Waals surface area contributed by atoms with Crippen LogP contribution in [0.25, 0.3) is 0 Å². The normalized spacial score (nSPS) is 21.3. The maximum absolute atomic E-state index is 12.2. The first-order valence-corrected chi connectivity index (χ1v) is 8.38. The van der Waals surface area contributed by atoms with Crippen LogP contribution in [0.1, 0.15) is 18.2 Å². The summed E-state index contributed by atoms with van der Waals surface area (Å²) in [6, 6.07) is 0. The molecule has 1 aliphatic rings. The summed E-state index contributed by atoms with van der Waals surface area (Å²) >= 11 is 0. The van der Waals surface area contributed by atoms with Crippen molar-refractivity contribution in [3.63, 3.8) is 0 Å². The Morgan fingerprint density at radius 1 is 1.59 bits per heavy atom. The molecule has 2 rings (SSSR count). The van der Waals surface area contributed by atoms with Crippen LogP contribution in [0.3, 0.4) is 0 Å². The summed E-state index contributed by atoms with van der Waals surface area (Å²) in [7, 11) is 0. The van der Waals surface area contributed by atoms with Crippen molar-refractivity contribution in [3.05, 3.63) is 34.9 Å². The molecule has 1 aliphatic heterocycles. The van der Waals surface area contributed by atoms with Crippen LogP contribution < -0.4 is 16.7 Å². The monoisotopic (exact) mass is 416 g/mol. The minimum Gasteiger partial charge on any atom is -0.394 e. The van der Waals surface area contributed by atoms with E-state index in [-0.39, 0.29) is 31.0 Å². The molecular formula is C17H19F3N4O5. The van der Waals surface area contributed by atoms with Gasteiger partial charge in [0.15, 0.2) is 0 Å². The molecule has 0 radical (unpaired) electrons. The second-order valence-corrected chi connectivity index (χ2v) is 5.92. The van der Waals surface area contributed by atoms with E-state index in [1.54, 1.807) is 5.32 Å². The van der Waals surface area contributed by atoms with Crippen LogP contribution >= 0.6 is 0 Å². The molecule has 3 unspecified atom stereocenters. The number of carbonyl (C=O) groups excluding carboxylic acids is 1. The van der Waals surface area contributed by atoms with Crippen LogP contribution in [0.2, 0.25) is 0 Å². The van der Waals surface area contributed by atoms with Gasteiger partial charge in [0.2, 0.25) is 0 Å². The van der Waals surface area contributed by atoms with E-state index in [1.807, 2.05) is 0 Å². The highest BCUT2D eigenvalue weighted by Gasteiger charge is 2.38. The summed E-state index contributed by atoms with van der Waals surface area (Å²) in [6.45, 7) is 2.85. The van der Waals surface area contributed by atoms with Crippen molar-refractivity contribution < 1.29 is 32.5 Å². The van der Waals surface area contributed by atoms with E-state index in [4.69, 9.17) is 15.2 Å². The number of aromatic nitrogens is 2. The lowest BCUT2D eigenvalue weighted by Gasteiger charge is -2.15. The summed E-state index contributed by atoms with van der Waals surface area (Å²) < 4.78 is 48.6. The van der Waals surface area contributed by atoms with Crippen LogP contribution in [0.15, 0.2) is 23.6 Å².